The Morgan fingerprint density at radius 2 is 2.00 bits per heavy atom. The molecular formula is C15H18ClNO4. The quantitative estimate of drug-likeness (QED) is 0.792. The molecule has 0 bridgehead atoms. The molecule has 1 unspecified atom stereocenters. The third kappa shape index (κ3) is 5.47. The summed E-state index contributed by atoms with van der Waals surface area (Å²) in [7, 11) is 0. The van der Waals surface area contributed by atoms with Crippen molar-refractivity contribution in [1.82, 2.24) is 5.32 Å². The summed E-state index contributed by atoms with van der Waals surface area (Å²) in [5, 5.41) is 11.7. The van der Waals surface area contributed by atoms with E-state index in [9.17, 15) is 9.59 Å². The van der Waals surface area contributed by atoms with Gasteiger partial charge in [0, 0.05) is 17.7 Å². The molecule has 0 aliphatic carbocycles. The van der Waals surface area contributed by atoms with E-state index in [-0.39, 0.29) is 17.7 Å². The number of aliphatic carboxylic acids is 1. The van der Waals surface area contributed by atoms with E-state index in [1.54, 1.807) is 25.1 Å². The normalized spacial score (nSPS) is 12.4. The standard InChI is InChI=1S/C15H18ClNO4/c1-9(2)17-15(20)10(3)21-14-11(7-8-13(18)19)5-4-6-12(14)16/h4-10H,1-3H3,(H,17,20)(H,18,19)/b8-7+. The highest BCUT2D eigenvalue weighted by Gasteiger charge is 2.18. The molecule has 114 valence electrons. The molecule has 1 rings (SSSR count). The fourth-order valence-corrected chi connectivity index (χ4v) is 1.80. The van der Waals surface area contributed by atoms with E-state index >= 15 is 0 Å². The Morgan fingerprint density at radius 3 is 2.57 bits per heavy atom. The van der Waals surface area contributed by atoms with E-state index < -0.39 is 12.1 Å². The van der Waals surface area contributed by atoms with Crippen molar-refractivity contribution >= 4 is 29.6 Å². The van der Waals surface area contributed by atoms with Gasteiger partial charge in [-0.1, -0.05) is 23.7 Å². The van der Waals surface area contributed by atoms with Crippen LogP contribution in [-0.2, 0) is 9.59 Å². The largest absolute Gasteiger partial charge is 0.479 e. The zero-order chi connectivity index (χ0) is 16.0. The number of carboxylic acid groups (broad SMARTS) is 1. The SMILES string of the molecule is CC(C)NC(=O)C(C)Oc1c(Cl)cccc1/C=C/C(=O)O. The van der Waals surface area contributed by atoms with Gasteiger partial charge in [0.2, 0.25) is 0 Å². The van der Waals surface area contributed by atoms with E-state index in [0.29, 0.717) is 10.6 Å². The molecule has 5 nitrogen and oxygen atoms in total. The van der Waals surface area contributed by atoms with E-state index in [0.717, 1.165) is 6.08 Å². The molecule has 1 atom stereocenters. The molecule has 0 heterocycles. The Kier molecular flexibility index (Phi) is 6.24. The summed E-state index contributed by atoms with van der Waals surface area (Å²) in [5.41, 5.74) is 0.495. The van der Waals surface area contributed by atoms with Crippen molar-refractivity contribution in [3.63, 3.8) is 0 Å². The first-order valence-corrected chi connectivity index (χ1v) is 6.85. The van der Waals surface area contributed by atoms with Crippen LogP contribution in [0.4, 0.5) is 0 Å². The van der Waals surface area contributed by atoms with Gasteiger partial charge < -0.3 is 15.2 Å². The number of amides is 1. The molecule has 6 heteroatoms. The molecule has 1 aromatic rings. The van der Waals surface area contributed by atoms with Crippen LogP contribution < -0.4 is 10.1 Å². The van der Waals surface area contributed by atoms with Crippen LogP contribution in [0.1, 0.15) is 26.3 Å². The van der Waals surface area contributed by atoms with Crippen molar-refractivity contribution in [2.75, 3.05) is 0 Å². The number of carbonyl (C=O) groups excluding carboxylic acids is 1. The van der Waals surface area contributed by atoms with E-state index in [4.69, 9.17) is 21.4 Å². The van der Waals surface area contributed by atoms with Crippen molar-refractivity contribution in [1.29, 1.82) is 0 Å². The van der Waals surface area contributed by atoms with Crippen LogP contribution in [0.3, 0.4) is 0 Å². The third-order valence-corrected chi connectivity index (χ3v) is 2.80. The molecule has 0 aliphatic rings. The zero-order valence-electron chi connectivity index (χ0n) is 12.1. The van der Waals surface area contributed by atoms with Gasteiger partial charge >= 0.3 is 5.97 Å². The average Bonchev–Trinajstić information content (AvgIpc) is 2.38. The predicted octanol–water partition coefficient (Wildman–Crippen LogP) is 2.73. The van der Waals surface area contributed by atoms with Crippen LogP contribution in [0.5, 0.6) is 5.75 Å². The molecule has 0 fully saturated rings. The van der Waals surface area contributed by atoms with Crippen molar-refractivity contribution in [2.45, 2.75) is 32.9 Å². The number of para-hydroxylation sites is 1. The highest BCUT2D eigenvalue weighted by Crippen LogP contribution is 2.30. The number of nitrogens with one attached hydrogen (secondary N) is 1. The predicted molar refractivity (Wildman–Crippen MR) is 81.5 cm³/mol. The summed E-state index contributed by atoms with van der Waals surface area (Å²) >= 11 is 6.06. The van der Waals surface area contributed by atoms with Gasteiger partial charge in [0.25, 0.3) is 5.91 Å². The van der Waals surface area contributed by atoms with Gasteiger partial charge in [-0.25, -0.2) is 4.79 Å². The van der Waals surface area contributed by atoms with Gasteiger partial charge in [0.1, 0.15) is 5.75 Å². The summed E-state index contributed by atoms with van der Waals surface area (Å²) in [6.45, 7) is 5.30. The maximum atomic E-state index is 11.9. The van der Waals surface area contributed by atoms with Gasteiger partial charge in [0.15, 0.2) is 6.10 Å². The van der Waals surface area contributed by atoms with Crippen LogP contribution in [0, 0.1) is 0 Å². The van der Waals surface area contributed by atoms with Crippen molar-refractivity contribution < 1.29 is 19.4 Å². The van der Waals surface area contributed by atoms with Gasteiger partial charge in [-0.3, -0.25) is 4.79 Å². The number of rotatable bonds is 6. The zero-order valence-corrected chi connectivity index (χ0v) is 12.8. The lowest BCUT2D eigenvalue weighted by Gasteiger charge is -2.18. The van der Waals surface area contributed by atoms with Crippen molar-refractivity contribution in [3.05, 3.63) is 34.9 Å². The fraction of sp³-hybridized carbons (Fsp3) is 0.333. The average molecular weight is 312 g/mol. The third-order valence-electron chi connectivity index (χ3n) is 2.50. The molecule has 21 heavy (non-hydrogen) atoms. The van der Waals surface area contributed by atoms with Gasteiger partial charge in [-0.05, 0) is 32.9 Å². The Hall–Kier alpha value is -2.01. The summed E-state index contributed by atoms with van der Waals surface area (Å²) in [6, 6.07) is 4.95. The Balaban J connectivity index is 2.96. The van der Waals surface area contributed by atoms with Gasteiger partial charge in [-0.2, -0.15) is 0 Å². The van der Waals surface area contributed by atoms with E-state index in [1.165, 1.54) is 6.08 Å². The highest BCUT2D eigenvalue weighted by molar-refractivity contribution is 6.32. The Labute approximate surface area is 128 Å². The lowest BCUT2D eigenvalue weighted by molar-refractivity contribution is -0.131. The maximum absolute atomic E-state index is 11.9. The molecule has 1 amide bonds. The molecule has 0 aromatic heterocycles. The minimum absolute atomic E-state index is 0.00109. The minimum Gasteiger partial charge on any atom is -0.479 e. The second-order valence-electron chi connectivity index (χ2n) is 4.75. The number of halogens is 1. The number of hydrogen-bond acceptors (Lipinski definition) is 3. The molecule has 1 aromatic carbocycles. The van der Waals surface area contributed by atoms with Crippen LogP contribution in [0.2, 0.25) is 5.02 Å². The summed E-state index contributed by atoms with van der Waals surface area (Å²) < 4.78 is 5.58. The van der Waals surface area contributed by atoms with Gasteiger partial charge in [-0.15, -0.1) is 0 Å². The Bertz CT molecular complexity index is 555. The Morgan fingerprint density at radius 1 is 1.33 bits per heavy atom. The lowest BCUT2D eigenvalue weighted by atomic mass is 10.2. The summed E-state index contributed by atoms with van der Waals surface area (Å²) in [4.78, 5) is 22.5. The molecule has 0 saturated heterocycles. The molecule has 0 radical (unpaired) electrons. The van der Waals surface area contributed by atoms with E-state index in [1.807, 2.05) is 13.8 Å². The summed E-state index contributed by atoms with van der Waals surface area (Å²) in [6.07, 6.45) is 1.61. The van der Waals surface area contributed by atoms with Crippen LogP contribution in [0.25, 0.3) is 6.08 Å². The van der Waals surface area contributed by atoms with Crippen LogP contribution in [-0.4, -0.2) is 29.1 Å². The first kappa shape index (κ1) is 17.0. The highest BCUT2D eigenvalue weighted by atomic mass is 35.5. The lowest BCUT2D eigenvalue weighted by Crippen LogP contribution is -2.40. The van der Waals surface area contributed by atoms with Crippen LogP contribution >= 0.6 is 11.6 Å². The van der Waals surface area contributed by atoms with E-state index in [2.05, 4.69) is 5.32 Å². The monoisotopic (exact) mass is 311 g/mol. The molecule has 2 N–H and O–H groups in total. The smallest absolute Gasteiger partial charge is 0.328 e. The summed E-state index contributed by atoms with van der Waals surface area (Å²) in [5.74, 6) is -1.06. The fourth-order valence-electron chi connectivity index (χ4n) is 1.57. The first-order valence-electron chi connectivity index (χ1n) is 6.47. The number of hydrogen-bond donors (Lipinski definition) is 2. The second kappa shape index (κ2) is 7.69. The molecular weight excluding hydrogens is 294 g/mol. The number of benzene rings is 1. The molecule has 0 saturated carbocycles. The molecule has 0 spiro atoms. The maximum Gasteiger partial charge on any atom is 0.328 e. The number of carbonyl (C=O) groups is 2. The number of ether oxygens (including phenoxy) is 1. The van der Waals surface area contributed by atoms with Crippen LogP contribution in [0.15, 0.2) is 24.3 Å². The topological polar surface area (TPSA) is 75.6 Å². The van der Waals surface area contributed by atoms with Crippen molar-refractivity contribution in [2.24, 2.45) is 0 Å². The molecule has 0 aliphatic heterocycles. The van der Waals surface area contributed by atoms with Crippen molar-refractivity contribution in [3.8, 4) is 5.75 Å². The van der Waals surface area contributed by atoms with Gasteiger partial charge in [0.05, 0.1) is 5.02 Å². The minimum atomic E-state index is -1.08. The first-order chi connectivity index (χ1) is 9.81. The second-order valence-corrected chi connectivity index (χ2v) is 5.16. The number of carboxylic acids is 1.